The summed E-state index contributed by atoms with van der Waals surface area (Å²) in [6.07, 6.45) is 2.40. The number of unbranched alkanes of at least 4 members (excludes halogenated alkanes) is 1. The van der Waals surface area contributed by atoms with Gasteiger partial charge < -0.3 is 71.4 Å². The number of aromatic hydroxyl groups is 1. The lowest BCUT2D eigenvalue weighted by Gasteiger charge is -2.29. The molecule has 22 heteroatoms. The molecule has 0 heterocycles. The summed E-state index contributed by atoms with van der Waals surface area (Å²) in [5, 5.41) is 25.6. The van der Waals surface area contributed by atoms with Gasteiger partial charge in [0.1, 0.15) is 42.0 Å². The Morgan fingerprint density at radius 1 is 0.617 bits per heavy atom. The fourth-order valence-electron chi connectivity index (χ4n) is 5.81. The molecule has 0 saturated carbocycles. The van der Waals surface area contributed by atoms with E-state index in [1.165, 1.54) is 38.1 Å². The minimum atomic E-state index is -1.33. The lowest BCUT2D eigenvalue weighted by Crippen LogP contribution is -2.60. The molecule has 0 saturated heterocycles. The van der Waals surface area contributed by atoms with Gasteiger partial charge in [0, 0.05) is 26.4 Å². The van der Waals surface area contributed by atoms with Crippen molar-refractivity contribution >= 4 is 53.3 Å². The van der Waals surface area contributed by atoms with Crippen molar-refractivity contribution in [1.29, 1.82) is 0 Å². The second-order valence-electron chi connectivity index (χ2n) is 14.5. The zero-order valence-corrected chi connectivity index (χ0v) is 35.0. The molecule has 1 rings (SSSR count). The maximum absolute atomic E-state index is 14.1. The molecular formula is C38H66N14O8. The standard InChI is InChI=1S/C38H66N14O8/c1-5-21(2)30(36(60)49-26(31(40)55)10-6-7-17-39)52-34(58)28(12-9-19-46-38(43)44)50-35(59)29(20-24-13-15-25(54)16-14-24)51-32(56)22(3)47-33(57)27(48-23(4)53)11-8-18-45-37(41)42/h13-16,21-22,26-30,54H,5-12,17-20,39H2,1-4H3,(H2,40,55)(H,47,57)(H,48,53)(H,49,60)(H,50,59)(H,51,56)(H,52,58)(H4,41,42,45)(H4,43,44,46)/t21-,22-,26-,27-,28-,29-,30-/m0/s1. The van der Waals surface area contributed by atoms with E-state index in [2.05, 4.69) is 41.9 Å². The van der Waals surface area contributed by atoms with Crippen molar-refractivity contribution in [1.82, 2.24) is 31.9 Å². The third kappa shape index (κ3) is 20.5. The normalized spacial score (nSPS) is 14.3. The number of phenolic OH excluding ortho intramolecular Hbond substituents is 1. The Labute approximate surface area is 350 Å². The number of carbonyl (C=O) groups excluding carboxylic acids is 7. The van der Waals surface area contributed by atoms with Gasteiger partial charge in [-0.1, -0.05) is 32.4 Å². The number of aliphatic imine (C=N–C) groups is 2. The van der Waals surface area contributed by atoms with Crippen LogP contribution in [0.5, 0.6) is 5.75 Å². The summed E-state index contributed by atoms with van der Waals surface area (Å²) >= 11 is 0. The molecule has 0 unspecified atom stereocenters. The van der Waals surface area contributed by atoms with E-state index in [0.29, 0.717) is 37.8 Å². The van der Waals surface area contributed by atoms with Gasteiger partial charge in [0.2, 0.25) is 41.4 Å². The third-order valence-electron chi connectivity index (χ3n) is 9.38. The Balaban J connectivity index is 3.41. The number of nitrogens with zero attached hydrogens (tertiary/aromatic N) is 2. The molecule has 22 nitrogen and oxygen atoms in total. The Kier molecular flexibility index (Phi) is 23.7. The predicted molar refractivity (Wildman–Crippen MR) is 226 cm³/mol. The first kappa shape index (κ1) is 51.8. The van der Waals surface area contributed by atoms with Gasteiger partial charge in [-0.15, -0.1) is 0 Å². The number of primary amides is 1. The number of nitrogens with two attached hydrogens (primary N) is 6. The number of hydrogen-bond donors (Lipinski definition) is 13. The number of nitrogens with one attached hydrogen (secondary N) is 6. The summed E-state index contributed by atoms with van der Waals surface area (Å²) in [6, 6.07) is -1.14. The molecule has 0 radical (unpaired) electrons. The van der Waals surface area contributed by atoms with E-state index in [9.17, 15) is 38.7 Å². The molecular weight excluding hydrogens is 781 g/mol. The van der Waals surface area contributed by atoms with E-state index in [1.807, 2.05) is 6.92 Å². The lowest BCUT2D eigenvalue weighted by atomic mass is 9.96. The van der Waals surface area contributed by atoms with E-state index < -0.39 is 83.5 Å². The molecule has 336 valence electrons. The molecule has 7 atom stereocenters. The minimum Gasteiger partial charge on any atom is -0.508 e. The zero-order valence-electron chi connectivity index (χ0n) is 35.0. The smallest absolute Gasteiger partial charge is 0.243 e. The van der Waals surface area contributed by atoms with Gasteiger partial charge in [-0.2, -0.15) is 0 Å². The van der Waals surface area contributed by atoms with Crippen LogP contribution in [-0.2, 0) is 40.0 Å². The molecule has 0 aromatic heterocycles. The Hall–Kier alpha value is -6.19. The van der Waals surface area contributed by atoms with Crippen LogP contribution < -0.4 is 66.3 Å². The monoisotopic (exact) mass is 847 g/mol. The maximum Gasteiger partial charge on any atom is 0.243 e. The van der Waals surface area contributed by atoms with Crippen LogP contribution in [0.4, 0.5) is 0 Å². The highest BCUT2D eigenvalue weighted by molar-refractivity contribution is 5.97. The summed E-state index contributed by atoms with van der Waals surface area (Å²) < 4.78 is 0. The van der Waals surface area contributed by atoms with Crippen molar-refractivity contribution in [3.05, 3.63) is 29.8 Å². The summed E-state index contributed by atoms with van der Waals surface area (Å²) in [6.45, 7) is 6.84. The van der Waals surface area contributed by atoms with Crippen molar-refractivity contribution in [3.63, 3.8) is 0 Å². The van der Waals surface area contributed by atoms with Gasteiger partial charge in [0.15, 0.2) is 11.9 Å². The van der Waals surface area contributed by atoms with Gasteiger partial charge >= 0.3 is 0 Å². The fourth-order valence-corrected chi connectivity index (χ4v) is 5.81. The maximum atomic E-state index is 14.1. The Morgan fingerprint density at radius 2 is 1.10 bits per heavy atom. The quantitative estimate of drug-likeness (QED) is 0.0223. The average molecular weight is 847 g/mol. The number of rotatable bonds is 28. The first-order valence-corrected chi connectivity index (χ1v) is 20.0. The van der Waals surface area contributed by atoms with Crippen LogP contribution in [0.2, 0.25) is 0 Å². The van der Waals surface area contributed by atoms with E-state index in [-0.39, 0.29) is 62.9 Å². The number of phenols is 1. The fraction of sp³-hybridized carbons (Fsp3) is 0.605. The highest BCUT2D eigenvalue weighted by Gasteiger charge is 2.34. The van der Waals surface area contributed by atoms with Crippen molar-refractivity contribution in [2.24, 2.45) is 50.3 Å². The van der Waals surface area contributed by atoms with Crippen LogP contribution in [0, 0.1) is 5.92 Å². The van der Waals surface area contributed by atoms with Crippen LogP contribution in [0.3, 0.4) is 0 Å². The molecule has 0 fully saturated rings. The number of amides is 7. The van der Waals surface area contributed by atoms with Crippen LogP contribution in [-0.4, -0.2) is 114 Å². The highest BCUT2D eigenvalue weighted by atomic mass is 16.3. The second kappa shape index (κ2) is 27.5. The molecule has 60 heavy (non-hydrogen) atoms. The van der Waals surface area contributed by atoms with E-state index in [4.69, 9.17) is 34.4 Å². The first-order valence-electron chi connectivity index (χ1n) is 20.0. The SMILES string of the molecule is CC[C@H](C)[C@H](NC(=O)[C@H](CCCN=C(N)N)NC(=O)[C@H](Cc1ccc(O)cc1)NC(=O)[C@H](C)NC(=O)[C@H](CCCN=C(N)N)NC(C)=O)C(=O)N[C@@H](CCCCN)C(N)=O. The third-order valence-corrected chi connectivity index (χ3v) is 9.38. The highest BCUT2D eigenvalue weighted by Crippen LogP contribution is 2.14. The molecule has 0 spiro atoms. The second-order valence-corrected chi connectivity index (χ2v) is 14.5. The van der Waals surface area contributed by atoms with Crippen molar-refractivity contribution in [3.8, 4) is 5.75 Å². The first-order chi connectivity index (χ1) is 28.3. The molecule has 0 aliphatic heterocycles. The summed E-state index contributed by atoms with van der Waals surface area (Å²) in [4.78, 5) is 100. The molecule has 0 bridgehead atoms. The predicted octanol–water partition coefficient (Wildman–Crippen LogP) is -3.35. The molecule has 0 aliphatic rings. The van der Waals surface area contributed by atoms with Crippen LogP contribution in [0.15, 0.2) is 34.3 Å². The summed E-state index contributed by atoms with van der Waals surface area (Å²) in [5.74, 6) is -5.66. The Bertz CT molecular complexity index is 1630. The largest absolute Gasteiger partial charge is 0.508 e. The van der Waals surface area contributed by atoms with Gasteiger partial charge in [0.05, 0.1) is 0 Å². The average Bonchev–Trinajstić information content (AvgIpc) is 3.18. The van der Waals surface area contributed by atoms with Gasteiger partial charge in [-0.25, -0.2) is 0 Å². The van der Waals surface area contributed by atoms with Gasteiger partial charge in [-0.3, -0.25) is 43.5 Å². The topological polar surface area (TPSA) is 393 Å². The number of benzene rings is 1. The van der Waals surface area contributed by atoms with Crippen molar-refractivity contribution < 1.29 is 38.7 Å². The molecule has 19 N–H and O–H groups in total. The van der Waals surface area contributed by atoms with Crippen LogP contribution >= 0.6 is 0 Å². The molecule has 1 aromatic rings. The summed E-state index contributed by atoms with van der Waals surface area (Å²) in [5.41, 5.74) is 33.3. The number of hydrogen-bond acceptors (Lipinski definition) is 11. The minimum absolute atomic E-state index is 0.00768. The van der Waals surface area contributed by atoms with Crippen molar-refractivity contribution in [2.75, 3.05) is 19.6 Å². The number of carbonyl (C=O) groups is 7. The molecule has 1 aromatic carbocycles. The molecule has 7 amide bonds. The lowest BCUT2D eigenvalue weighted by molar-refractivity contribution is -0.135. The van der Waals surface area contributed by atoms with E-state index >= 15 is 0 Å². The van der Waals surface area contributed by atoms with E-state index in [0.717, 1.165) is 0 Å². The van der Waals surface area contributed by atoms with Gasteiger partial charge in [0.25, 0.3) is 0 Å². The van der Waals surface area contributed by atoms with E-state index in [1.54, 1.807) is 6.92 Å². The summed E-state index contributed by atoms with van der Waals surface area (Å²) in [7, 11) is 0. The van der Waals surface area contributed by atoms with Gasteiger partial charge in [-0.05, 0) is 82.0 Å². The van der Waals surface area contributed by atoms with Crippen molar-refractivity contribution in [2.45, 2.75) is 122 Å². The molecule has 0 aliphatic carbocycles. The van der Waals surface area contributed by atoms with Crippen LogP contribution in [0.25, 0.3) is 0 Å². The Morgan fingerprint density at radius 3 is 1.60 bits per heavy atom. The zero-order chi connectivity index (χ0) is 45.4. The number of guanidine groups is 2. The van der Waals surface area contributed by atoms with Crippen LogP contribution in [0.1, 0.15) is 84.6 Å².